The molecule has 15 amide bonds. The van der Waals surface area contributed by atoms with Crippen LogP contribution in [-0.2, 0) is 99.1 Å². The van der Waals surface area contributed by atoms with Crippen molar-refractivity contribution >= 4 is 119 Å². The van der Waals surface area contributed by atoms with E-state index in [4.69, 9.17) is 11.5 Å². The van der Waals surface area contributed by atoms with Crippen LogP contribution in [0.25, 0.3) is 0 Å². The number of aliphatic carboxylic acids is 3. The Kier molecular flexibility index (Phi) is 41.6. The Balaban J connectivity index is 1.89. The minimum Gasteiger partial charge on any atom is -0.481 e. The number of likely N-dealkylation sites (tertiary alicyclic amines) is 1. The van der Waals surface area contributed by atoms with Crippen molar-refractivity contribution in [2.45, 2.75) is 242 Å². The highest BCUT2D eigenvalue weighted by Crippen LogP contribution is 2.22. The van der Waals surface area contributed by atoms with E-state index in [-0.39, 0.29) is 38.0 Å². The molecular weight excluding hydrogens is 1560 g/mol. The predicted octanol–water partition coefficient (Wildman–Crippen LogP) is -7.80. The number of rotatable bonds is 49. The Morgan fingerprint density at radius 2 is 0.769 bits per heavy atom. The van der Waals surface area contributed by atoms with E-state index in [9.17, 15) is 127 Å². The van der Waals surface area contributed by atoms with Crippen molar-refractivity contribution in [3.05, 3.63) is 71.8 Å². The SMILES string of the molecule is CC(C)C[C@H](NC(=O)[C@H](CO)NC(=O)[C@H](Cc1ccccc1)NC(=O)[C@H](CC(=O)O)NC(=O)[C@@H](NC(=O)[C@@H](NC(=O)[C@H](CCC(N)=O)NC(=O)[C@@H](NC(=O)[C@@H](NC(=O)[C@@H](N)CS)C(C)C)[C@@H](C)O)[C@@H](C)O)C(C)C)C(=O)N[C@@H](CC(=O)O)C(=O)N1CCC[C@H]1C(=O)N[C@H](C(=O)N[C@@H](Cc1ccccc1)C(=O)N[C@H](C(=O)O)[C@@H](C)O)[C@@H](C)O. The first-order chi connectivity index (χ1) is 54.7. The number of nitrogens with one attached hydrogen (secondary N) is 13. The molecule has 2 aromatic rings. The molecule has 0 spiro atoms. The fraction of sp³-hybridized carbons (Fsp3) is 0.595. The van der Waals surface area contributed by atoms with E-state index >= 15 is 0 Å². The summed E-state index contributed by atoms with van der Waals surface area (Å²) in [5.74, 6) is -24.3. The summed E-state index contributed by atoms with van der Waals surface area (Å²) in [6.07, 6.45) is -11.2. The molecule has 1 aliphatic heterocycles. The van der Waals surface area contributed by atoms with Gasteiger partial charge in [0.2, 0.25) is 88.6 Å². The second-order valence-electron chi connectivity index (χ2n) is 29.5. The van der Waals surface area contributed by atoms with Crippen LogP contribution >= 0.6 is 12.6 Å². The van der Waals surface area contributed by atoms with Gasteiger partial charge in [0.1, 0.15) is 78.5 Å². The van der Waals surface area contributed by atoms with Gasteiger partial charge in [-0.15, -0.1) is 0 Å². The Labute approximate surface area is 679 Å². The molecule has 1 heterocycles. The van der Waals surface area contributed by atoms with Crippen LogP contribution < -0.4 is 80.6 Å². The minimum atomic E-state index is -2.10. The fourth-order valence-electron chi connectivity index (χ4n) is 12.0. The summed E-state index contributed by atoms with van der Waals surface area (Å²) in [6.45, 7) is 12.0. The maximum Gasteiger partial charge on any atom is 0.328 e. The molecule has 1 saturated heterocycles. The highest BCUT2D eigenvalue weighted by atomic mass is 32.1. The van der Waals surface area contributed by atoms with Gasteiger partial charge >= 0.3 is 17.9 Å². The van der Waals surface area contributed by atoms with Crippen LogP contribution in [0.5, 0.6) is 0 Å². The van der Waals surface area contributed by atoms with E-state index < -0.39 is 278 Å². The fourth-order valence-corrected chi connectivity index (χ4v) is 12.1. The van der Waals surface area contributed by atoms with Crippen LogP contribution in [0.3, 0.4) is 0 Å². The molecule has 0 bridgehead atoms. The maximum absolute atomic E-state index is 14.5. The Morgan fingerprint density at radius 3 is 1.21 bits per heavy atom. The Hall–Kier alpha value is -11.0. The van der Waals surface area contributed by atoms with Crippen LogP contribution in [0.2, 0.25) is 0 Å². The standard InChI is InChI=1S/C74H112N16O26S/c1-33(2)26-44(62(103)82-48(30-53(99)100)73(114)90-25-17-22-50(90)67(108)87-56(36(7)92)71(112)80-46(28-41-20-15-12-16-21-41)65(106)89-59(39(10)95)74(115)116)78-66(107)49(31-91)83-63(104)45(27-40-18-13-11-14-19-40)79-64(105)47(29-52(97)98)81-68(109)54(34(3)4)85-72(113)58(38(9)94)86-61(102)43(23-24-51(76)96)77-70(111)57(37(8)93)88-69(110)55(35(5)6)84-60(101)42(75)32-117/h11-16,18-21,33-39,42-50,54-59,91-95,117H,17,22-32,75H2,1-10H3,(H2,76,96)(H,77,111)(H,78,107)(H,79,105)(H,80,112)(H,81,109)(H,82,103)(H,83,104)(H,84,101)(H,85,113)(H,86,102)(H,87,108)(H,88,110)(H,89,106)(H,97,98)(H,99,100)(H,115,116)/t36-,37-,38-,39-,42+,43+,44+,45+,46+,47+,48+,49+,50+,54+,55+,56+,57+,58+,59+/m1/s1. The van der Waals surface area contributed by atoms with Crippen LogP contribution in [0.15, 0.2) is 60.7 Å². The molecule has 2 aromatic carbocycles. The number of amides is 15. The molecule has 1 fully saturated rings. The first kappa shape index (κ1) is 100. The number of carboxylic acids is 3. The molecule has 3 rings (SSSR count). The van der Waals surface area contributed by atoms with E-state index in [2.05, 4.69) is 81.7 Å². The van der Waals surface area contributed by atoms with Crippen molar-refractivity contribution in [1.82, 2.24) is 74.0 Å². The number of nitrogens with two attached hydrogens (primary N) is 2. The van der Waals surface area contributed by atoms with Crippen LogP contribution in [-0.4, -0.2) is 286 Å². The van der Waals surface area contributed by atoms with Gasteiger partial charge in [0.15, 0.2) is 6.04 Å². The van der Waals surface area contributed by atoms with E-state index in [1.54, 1.807) is 76.2 Å². The Bertz CT molecular complexity index is 3800. The van der Waals surface area contributed by atoms with Gasteiger partial charge in [0, 0.05) is 31.6 Å². The van der Waals surface area contributed by atoms with Crippen LogP contribution in [0.4, 0.5) is 0 Å². The summed E-state index contributed by atoms with van der Waals surface area (Å²) in [7, 11) is 0. The van der Waals surface area contributed by atoms with Gasteiger partial charge in [-0.05, 0) is 82.3 Å². The number of aliphatic hydroxyl groups excluding tert-OH is 5. The highest BCUT2D eigenvalue weighted by molar-refractivity contribution is 7.80. The van der Waals surface area contributed by atoms with Gasteiger partial charge in [-0.3, -0.25) is 81.5 Å². The molecule has 0 unspecified atom stereocenters. The number of primary amides is 1. The molecule has 650 valence electrons. The lowest BCUT2D eigenvalue weighted by atomic mass is 10.0. The van der Waals surface area contributed by atoms with E-state index in [0.717, 1.165) is 32.6 Å². The number of hydrogen-bond donors (Lipinski definition) is 24. The third kappa shape index (κ3) is 32.9. The number of hydrogen-bond acceptors (Lipinski definition) is 25. The average Bonchev–Trinajstić information content (AvgIpc) is 1.74. The topological polar surface area (TPSA) is 681 Å². The molecule has 43 heteroatoms. The Morgan fingerprint density at radius 1 is 0.427 bits per heavy atom. The van der Waals surface area contributed by atoms with Crippen molar-refractivity contribution in [1.29, 1.82) is 0 Å². The zero-order valence-corrected chi connectivity index (χ0v) is 67.3. The largest absolute Gasteiger partial charge is 0.481 e. The molecule has 0 aromatic heterocycles. The van der Waals surface area contributed by atoms with Crippen molar-refractivity contribution in [3.8, 4) is 0 Å². The summed E-state index contributed by atoms with van der Waals surface area (Å²) < 4.78 is 0. The van der Waals surface area contributed by atoms with E-state index in [0.29, 0.717) is 11.1 Å². The van der Waals surface area contributed by atoms with Crippen LogP contribution in [0.1, 0.15) is 125 Å². The summed E-state index contributed by atoms with van der Waals surface area (Å²) in [5, 5.41) is 113. The predicted molar refractivity (Wildman–Crippen MR) is 415 cm³/mol. The average molecular weight is 1670 g/mol. The number of nitrogens with zero attached hydrogens (tertiary/aromatic N) is 1. The van der Waals surface area contributed by atoms with E-state index in [1.807, 2.05) is 0 Å². The molecule has 117 heavy (non-hydrogen) atoms. The van der Waals surface area contributed by atoms with Gasteiger partial charge in [-0.25, -0.2) is 4.79 Å². The number of carbonyl (C=O) groups is 18. The van der Waals surface area contributed by atoms with Gasteiger partial charge in [0.05, 0.1) is 49.9 Å². The minimum absolute atomic E-state index is 0.0946. The number of thiol groups is 1. The molecular formula is C74H112N16O26S. The zero-order chi connectivity index (χ0) is 88.6. The summed E-state index contributed by atoms with van der Waals surface area (Å²) in [4.78, 5) is 245. The van der Waals surface area contributed by atoms with Crippen molar-refractivity contribution < 1.29 is 127 Å². The number of aliphatic hydroxyl groups is 5. The first-order valence-corrected chi connectivity index (χ1v) is 38.3. The monoisotopic (exact) mass is 1670 g/mol. The normalized spacial score (nSPS) is 17.2. The van der Waals surface area contributed by atoms with Crippen molar-refractivity contribution in [2.75, 3.05) is 18.9 Å². The van der Waals surface area contributed by atoms with Crippen LogP contribution in [0, 0.1) is 17.8 Å². The van der Waals surface area contributed by atoms with Crippen molar-refractivity contribution in [2.24, 2.45) is 29.2 Å². The second kappa shape index (κ2) is 48.5. The molecule has 1 aliphatic rings. The van der Waals surface area contributed by atoms with Gasteiger partial charge in [0.25, 0.3) is 0 Å². The zero-order valence-electron chi connectivity index (χ0n) is 66.4. The smallest absolute Gasteiger partial charge is 0.328 e. The molecule has 0 aliphatic carbocycles. The summed E-state index contributed by atoms with van der Waals surface area (Å²) in [5.41, 5.74) is 11.9. The van der Waals surface area contributed by atoms with Crippen molar-refractivity contribution in [3.63, 3.8) is 0 Å². The summed E-state index contributed by atoms with van der Waals surface area (Å²) >= 11 is 3.98. The molecule has 0 saturated carbocycles. The molecule has 42 nitrogen and oxygen atoms in total. The lowest BCUT2D eigenvalue weighted by molar-refractivity contribution is -0.147. The molecule has 25 N–H and O–H groups in total. The number of benzene rings is 2. The van der Waals surface area contributed by atoms with Gasteiger partial charge < -0.3 is 126 Å². The van der Waals surface area contributed by atoms with Gasteiger partial charge in [-0.1, -0.05) is 102 Å². The quantitative estimate of drug-likeness (QED) is 0.0274. The van der Waals surface area contributed by atoms with Gasteiger partial charge in [-0.2, -0.15) is 12.6 Å². The lowest BCUT2D eigenvalue weighted by Gasteiger charge is -2.31. The highest BCUT2D eigenvalue weighted by Gasteiger charge is 2.44. The van der Waals surface area contributed by atoms with E-state index in [1.165, 1.54) is 26.0 Å². The second-order valence-corrected chi connectivity index (χ2v) is 29.9. The first-order valence-electron chi connectivity index (χ1n) is 37.7. The summed E-state index contributed by atoms with van der Waals surface area (Å²) in [6, 6.07) is -10.4. The molecule has 0 radical (unpaired) electrons. The third-order valence-electron chi connectivity index (χ3n) is 18.4. The third-order valence-corrected chi connectivity index (χ3v) is 18.8. The number of carbonyl (C=O) groups excluding carboxylic acids is 15. The maximum atomic E-state index is 14.5. The number of carboxylic acid groups (broad SMARTS) is 3. The lowest BCUT2D eigenvalue weighted by Crippen LogP contribution is -2.63. The molecule has 19 atom stereocenters.